The molecule has 0 fully saturated rings. The molecule has 0 amide bonds. The van der Waals surface area contributed by atoms with Crippen LogP contribution >= 0.6 is 0 Å². The molecule has 1 atom stereocenters. The van der Waals surface area contributed by atoms with Crippen molar-refractivity contribution in [2.24, 2.45) is 0 Å². The maximum absolute atomic E-state index is 11.5. The maximum atomic E-state index is 11.5. The van der Waals surface area contributed by atoms with Crippen molar-refractivity contribution in [2.75, 3.05) is 7.11 Å². The van der Waals surface area contributed by atoms with Crippen molar-refractivity contribution in [1.82, 2.24) is 0 Å². The summed E-state index contributed by atoms with van der Waals surface area (Å²) in [6.07, 6.45) is -0.626. The monoisotopic (exact) mass is 314 g/mol. The maximum Gasteiger partial charge on any atom is 0.345 e. The van der Waals surface area contributed by atoms with Gasteiger partial charge in [0, 0.05) is 6.42 Å². The Morgan fingerprint density at radius 2 is 1.57 bits per heavy atom. The molecule has 0 aromatic heterocycles. The van der Waals surface area contributed by atoms with Crippen LogP contribution in [0.2, 0.25) is 0 Å². The summed E-state index contributed by atoms with van der Waals surface area (Å²) in [7, 11) is 1.60. The number of rotatable bonds is 7. The minimum absolute atomic E-state index is 0.297. The Balaban J connectivity index is 2.07. The normalized spacial score (nSPS) is 12.0. The van der Waals surface area contributed by atoms with Crippen LogP contribution in [0.4, 0.5) is 0 Å². The van der Waals surface area contributed by atoms with Gasteiger partial charge in [0.25, 0.3) is 0 Å². The van der Waals surface area contributed by atoms with Crippen LogP contribution in [0.5, 0.6) is 11.5 Å². The van der Waals surface area contributed by atoms with E-state index in [1.54, 1.807) is 7.11 Å². The van der Waals surface area contributed by atoms with Gasteiger partial charge in [-0.25, -0.2) is 4.79 Å². The van der Waals surface area contributed by atoms with Gasteiger partial charge in [-0.3, -0.25) is 0 Å². The summed E-state index contributed by atoms with van der Waals surface area (Å²) in [5.41, 5.74) is 2.08. The van der Waals surface area contributed by atoms with E-state index in [0.717, 1.165) is 11.3 Å². The second-order valence-electron chi connectivity index (χ2n) is 5.72. The zero-order valence-electron chi connectivity index (χ0n) is 13.7. The average molecular weight is 314 g/mol. The second kappa shape index (κ2) is 7.68. The van der Waals surface area contributed by atoms with E-state index < -0.39 is 12.1 Å². The molecule has 2 rings (SSSR count). The number of hydrogen-bond acceptors (Lipinski definition) is 3. The van der Waals surface area contributed by atoms with Crippen molar-refractivity contribution in [1.29, 1.82) is 0 Å². The highest BCUT2D eigenvalue weighted by atomic mass is 16.5. The van der Waals surface area contributed by atoms with Crippen molar-refractivity contribution in [3.05, 3.63) is 59.7 Å². The van der Waals surface area contributed by atoms with Gasteiger partial charge in [0.2, 0.25) is 0 Å². The molecule has 0 heterocycles. The van der Waals surface area contributed by atoms with Crippen LogP contribution < -0.4 is 9.47 Å². The first-order chi connectivity index (χ1) is 11.0. The lowest BCUT2D eigenvalue weighted by atomic mass is 10.0. The highest BCUT2D eigenvalue weighted by Gasteiger charge is 2.20. The first-order valence-electron chi connectivity index (χ1n) is 7.62. The van der Waals surface area contributed by atoms with Gasteiger partial charge in [-0.2, -0.15) is 0 Å². The summed E-state index contributed by atoms with van der Waals surface area (Å²) in [4.78, 5) is 11.5. The molecule has 0 bridgehead atoms. The Morgan fingerprint density at radius 1 is 1.00 bits per heavy atom. The molecule has 1 N–H and O–H groups in total. The van der Waals surface area contributed by atoms with Gasteiger partial charge < -0.3 is 14.6 Å². The zero-order chi connectivity index (χ0) is 16.8. The number of carbonyl (C=O) groups is 1. The SMILES string of the molecule is COc1ccc(C[C@H](Oc2ccc(C(C)C)cc2)C(=O)O)cc1. The summed E-state index contributed by atoms with van der Waals surface area (Å²) in [5.74, 6) is 0.758. The first-order valence-corrected chi connectivity index (χ1v) is 7.62. The Labute approximate surface area is 136 Å². The third kappa shape index (κ3) is 4.74. The molecule has 2 aromatic carbocycles. The van der Waals surface area contributed by atoms with E-state index in [4.69, 9.17) is 9.47 Å². The Hall–Kier alpha value is -2.49. The Bertz CT molecular complexity index is 629. The van der Waals surface area contributed by atoms with Crippen LogP contribution in [0.1, 0.15) is 30.9 Å². The lowest BCUT2D eigenvalue weighted by Gasteiger charge is -2.16. The largest absolute Gasteiger partial charge is 0.497 e. The highest BCUT2D eigenvalue weighted by Crippen LogP contribution is 2.21. The summed E-state index contributed by atoms with van der Waals surface area (Å²) >= 11 is 0. The third-order valence-corrected chi connectivity index (χ3v) is 3.68. The number of aliphatic carboxylic acids is 1. The highest BCUT2D eigenvalue weighted by molar-refractivity contribution is 5.73. The van der Waals surface area contributed by atoms with Crippen LogP contribution in [-0.4, -0.2) is 24.3 Å². The number of ether oxygens (including phenoxy) is 2. The average Bonchev–Trinajstić information content (AvgIpc) is 2.55. The summed E-state index contributed by atoms with van der Waals surface area (Å²) < 4.78 is 10.7. The van der Waals surface area contributed by atoms with Gasteiger partial charge in [-0.05, 0) is 41.3 Å². The third-order valence-electron chi connectivity index (χ3n) is 3.68. The lowest BCUT2D eigenvalue weighted by Crippen LogP contribution is -2.29. The van der Waals surface area contributed by atoms with E-state index in [1.165, 1.54) is 5.56 Å². The fourth-order valence-electron chi connectivity index (χ4n) is 2.25. The predicted molar refractivity (Wildman–Crippen MR) is 89.3 cm³/mol. The summed E-state index contributed by atoms with van der Waals surface area (Å²) in [6.45, 7) is 4.22. The Morgan fingerprint density at radius 3 is 2.04 bits per heavy atom. The van der Waals surface area contributed by atoms with Gasteiger partial charge >= 0.3 is 5.97 Å². The van der Waals surface area contributed by atoms with E-state index in [1.807, 2.05) is 48.5 Å². The smallest absolute Gasteiger partial charge is 0.345 e. The van der Waals surface area contributed by atoms with Crippen molar-refractivity contribution >= 4 is 5.97 Å². The molecule has 0 spiro atoms. The van der Waals surface area contributed by atoms with Gasteiger partial charge in [-0.1, -0.05) is 38.1 Å². The summed E-state index contributed by atoms with van der Waals surface area (Å²) in [6, 6.07) is 14.9. The molecule has 0 radical (unpaired) electrons. The minimum atomic E-state index is -0.978. The van der Waals surface area contributed by atoms with E-state index in [0.29, 0.717) is 18.1 Å². The first kappa shape index (κ1) is 16.9. The molecule has 2 aromatic rings. The Kier molecular flexibility index (Phi) is 5.63. The van der Waals surface area contributed by atoms with Crippen molar-refractivity contribution in [2.45, 2.75) is 32.3 Å². The minimum Gasteiger partial charge on any atom is -0.497 e. The zero-order valence-corrected chi connectivity index (χ0v) is 13.7. The fourth-order valence-corrected chi connectivity index (χ4v) is 2.25. The van der Waals surface area contributed by atoms with Gasteiger partial charge in [0.1, 0.15) is 11.5 Å². The molecule has 0 saturated carbocycles. The molecule has 0 unspecified atom stereocenters. The van der Waals surface area contributed by atoms with Gasteiger partial charge in [0.05, 0.1) is 7.11 Å². The van der Waals surface area contributed by atoms with Crippen LogP contribution in [0, 0.1) is 0 Å². The fraction of sp³-hybridized carbons (Fsp3) is 0.316. The number of benzene rings is 2. The second-order valence-corrected chi connectivity index (χ2v) is 5.72. The van der Waals surface area contributed by atoms with Crippen LogP contribution in [-0.2, 0) is 11.2 Å². The van der Waals surface area contributed by atoms with E-state index in [2.05, 4.69) is 13.8 Å². The molecule has 4 heteroatoms. The van der Waals surface area contributed by atoms with Crippen molar-refractivity contribution in [3.8, 4) is 11.5 Å². The molecule has 0 saturated heterocycles. The topological polar surface area (TPSA) is 55.8 Å². The molecule has 0 aliphatic carbocycles. The number of carboxylic acids is 1. The quantitative estimate of drug-likeness (QED) is 0.842. The van der Waals surface area contributed by atoms with E-state index in [-0.39, 0.29) is 0 Å². The standard InChI is InChI=1S/C19H22O4/c1-13(2)15-6-10-17(11-7-15)23-18(19(20)21)12-14-4-8-16(22-3)9-5-14/h4-11,13,18H,12H2,1-3H3,(H,20,21)/t18-/m0/s1. The number of carboxylic acid groups (broad SMARTS) is 1. The molecule has 122 valence electrons. The van der Waals surface area contributed by atoms with Crippen LogP contribution in [0.25, 0.3) is 0 Å². The molecule has 23 heavy (non-hydrogen) atoms. The van der Waals surface area contributed by atoms with Crippen LogP contribution in [0.3, 0.4) is 0 Å². The molecular formula is C19H22O4. The van der Waals surface area contributed by atoms with E-state index >= 15 is 0 Å². The molecule has 0 aliphatic rings. The van der Waals surface area contributed by atoms with E-state index in [9.17, 15) is 9.90 Å². The van der Waals surface area contributed by atoms with Crippen LogP contribution in [0.15, 0.2) is 48.5 Å². The lowest BCUT2D eigenvalue weighted by molar-refractivity contribution is -0.145. The van der Waals surface area contributed by atoms with Gasteiger partial charge in [0.15, 0.2) is 6.10 Å². The molecular weight excluding hydrogens is 292 g/mol. The number of hydrogen-bond donors (Lipinski definition) is 1. The number of methoxy groups -OCH3 is 1. The predicted octanol–water partition coefficient (Wildman–Crippen LogP) is 3.89. The molecule has 0 aliphatic heterocycles. The van der Waals surface area contributed by atoms with Crippen molar-refractivity contribution in [3.63, 3.8) is 0 Å². The molecule has 4 nitrogen and oxygen atoms in total. The van der Waals surface area contributed by atoms with Gasteiger partial charge in [-0.15, -0.1) is 0 Å². The van der Waals surface area contributed by atoms with Crippen molar-refractivity contribution < 1.29 is 19.4 Å². The summed E-state index contributed by atoms with van der Waals surface area (Å²) in [5, 5.41) is 9.39.